The van der Waals surface area contributed by atoms with Crippen molar-refractivity contribution in [1.29, 1.82) is 0 Å². The van der Waals surface area contributed by atoms with Crippen LogP contribution in [-0.2, 0) is 39.8 Å². The van der Waals surface area contributed by atoms with Gasteiger partial charge in [-0.25, -0.2) is 9.59 Å². The zero-order valence-corrected chi connectivity index (χ0v) is 16.9. The fourth-order valence-corrected chi connectivity index (χ4v) is 3.34. The van der Waals surface area contributed by atoms with Crippen molar-refractivity contribution in [1.82, 2.24) is 5.32 Å². The van der Waals surface area contributed by atoms with E-state index < -0.39 is 18.1 Å². The van der Waals surface area contributed by atoms with Crippen LogP contribution in [0.1, 0.15) is 5.56 Å². The molecule has 0 saturated carbocycles. The van der Waals surface area contributed by atoms with Gasteiger partial charge in [0.05, 0.1) is 33.5 Å². The van der Waals surface area contributed by atoms with E-state index in [1.807, 2.05) is 30.3 Å². The second kappa shape index (κ2) is 11.1. The summed E-state index contributed by atoms with van der Waals surface area (Å²) in [6, 6.07) is 8.20. The second-order valence-electron chi connectivity index (χ2n) is 6.91. The molecule has 0 aliphatic carbocycles. The highest BCUT2D eigenvalue weighted by molar-refractivity contribution is 5.81. The molecule has 164 valence electrons. The molecule has 9 heteroatoms. The van der Waals surface area contributed by atoms with Crippen molar-refractivity contribution in [2.45, 2.75) is 37.1 Å². The average Bonchev–Trinajstić information content (AvgIpc) is 3.36. The molecule has 1 aromatic rings. The Morgan fingerprint density at radius 3 is 2.47 bits per heavy atom. The van der Waals surface area contributed by atoms with Crippen molar-refractivity contribution in [2.24, 2.45) is 0 Å². The number of ether oxygens (including phenoxy) is 6. The van der Waals surface area contributed by atoms with Gasteiger partial charge in [-0.05, 0) is 5.56 Å². The predicted octanol–water partition coefficient (Wildman–Crippen LogP) is 1.21. The van der Waals surface area contributed by atoms with Gasteiger partial charge < -0.3 is 33.7 Å². The van der Waals surface area contributed by atoms with Crippen LogP contribution in [-0.4, -0.2) is 76.1 Å². The van der Waals surface area contributed by atoms with Gasteiger partial charge in [-0.3, -0.25) is 0 Å². The molecule has 2 saturated heterocycles. The molecule has 2 heterocycles. The van der Waals surface area contributed by atoms with E-state index in [1.54, 1.807) is 6.08 Å². The van der Waals surface area contributed by atoms with E-state index in [9.17, 15) is 9.59 Å². The number of esters is 1. The van der Waals surface area contributed by atoms with Gasteiger partial charge in [0.15, 0.2) is 6.04 Å². The molecule has 1 amide bonds. The molecule has 30 heavy (non-hydrogen) atoms. The predicted molar refractivity (Wildman–Crippen MR) is 105 cm³/mol. The summed E-state index contributed by atoms with van der Waals surface area (Å²) in [5, 5.41) is 2.48. The van der Waals surface area contributed by atoms with Gasteiger partial charge in [0.25, 0.3) is 0 Å². The van der Waals surface area contributed by atoms with Gasteiger partial charge in [0, 0.05) is 0 Å². The molecular formula is C21H27NO8. The lowest BCUT2D eigenvalue weighted by Gasteiger charge is -2.21. The molecule has 0 radical (unpaired) electrons. The van der Waals surface area contributed by atoms with Gasteiger partial charge in [-0.15, -0.1) is 6.58 Å². The zero-order valence-electron chi connectivity index (χ0n) is 16.9. The summed E-state index contributed by atoms with van der Waals surface area (Å²) in [6.07, 6.45) is -0.197. The third kappa shape index (κ3) is 5.79. The van der Waals surface area contributed by atoms with E-state index in [-0.39, 0.29) is 37.6 Å². The number of rotatable bonds is 10. The molecule has 0 spiro atoms. The number of benzene rings is 1. The van der Waals surface area contributed by atoms with E-state index in [1.165, 1.54) is 7.11 Å². The first-order valence-corrected chi connectivity index (χ1v) is 9.74. The Morgan fingerprint density at radius 2 is 1.83 bits per heavy atom. The molecule has 0 bridgehead atoms. The standard InChI is InChI=1S/C21H27NO8/c1-3-9-26-16-12-28-19-17(13-29-18(16)19)27-11-15(20(23)25-2)22-21(24)30-10-14-7-5-4-6-8-14/h3-8,15-19H,1,9-13H2,2H3,(H,22,24)/t15-,16+,17-,18+,19+/m0/s1. The number of carbonyl (C=O) groups excluding carboxylic acids is 2. The summed E-state index contributed by atoms with van der Waals surface area (Å²) in [7, 11) is 1.24. The molecule has 2 aliphatic heterocycles. The van der Waals surface area contributed by atoms with Gasteiger partial charge >= 0.3 is 12.1 Å². The Morgan fingerprint density at radius 1 is 1.17 bits per heavy atom. The molecule has 2 aliphatic rings. The Balaban J connectivity index is 1.47. The van der Waals surface area contributed by atoms with Crippen molar-refractivity contribution >= 4 is 12.1 Å². The third-order valence-electron chi connectivity index (χ3n) is 4.86. The number of nitrogens with one attached hydrogen (secondary N) is 1. The van der Waals surface area contributed by atoms with Crippen LogP contribution < -0.4 is 5.32 Å². The topological polar surface area (TPSA) is 102 Å². The second-order valence-corrected chi connectivity index (χ2v) is 6.91. The van der Waals surface area contributed by atoms with Crippen molar-refractivity contribution in [3.05, 3.63) is 48.6 Å². The molecule has 5 atom stereocenters. The van der Waals surface area contributed by atoms with E-state index in [0.29, 0.717) is 19.8 Å². The van der Waals surface area contributed by atoms with Crippen LogP contribution in [0, 0.1) is 0 Å². The lowest BCUT2D eigenvalue weighted by atomic mass is 10.1. The first-order chi connectivity index (χ1) is 14.6. The first-order valence-electron chi connectivity index (χ1n) is 9.74. The molecular weight excluding hydrogens is 394 g/mol. The lowest BCUT2D eigenvalue weighted by molar-refractivity contribution is -0.146. The summed E-state index contributed by atoms with van der Waals surface area (Å²) >= 11 is 0. The van der Waals surface area contributed by atoms with Gasteiger partial charge in [0.1, 0.15) is 31.0 Å². The van der Waals surface area contributed by atoms with E-state index in [0.717, 1.165) is 5.56 Å². The molecule has 1 N–H and O–H groups in total. The Bertz CT molecular complexity index is 712. The fourth-order valence-electron chi connectivity index (χ4n) is 3.34. The minimum atomic E-state index is -1.02. The van der Waals surface area contributed by atoms with Crippen LogP contribution in [0.25, 0.3) is 0 Å². The number of hydrogen-bond acceptors (Lipinski definition) is 8. The zero-order chi connectivity index (χ0) is 21.3. The van der Waals surface area contributed by atoms with E-state index in [2.05, 4.69) is 11.9 Å². The van der Waals surface area contributed by atoms with Gasteiger partial charge in [-0.1, -0.05) is 36.4 Å². The summed E-state index contributed by atoms with van der Waals surface area (Å²) in [4.78, 5) is 24.2. The normalized spacial score (nSPS) is 25.9. The van der Waals surface area contributed by atoms with Crippen molar-refractivity contribution in [2.75, 3.05) is 33.5 Å². The Labute approximate surface area is 175 Å². The van der Waals surface area contributed by atoms with Crippen molar-refractivity contribution in [3.8, 4) is 0 Å². The van der Waals surface area contributed by atoms with E-state index in [4.69, 9.17) is 28.4 Å². The van der Waals surface area contributed by atoms with Crippen LogP contribution in [0.4, 0.5) is 4.79 Å². The maximum absolute atomic E-state index is 12.1. The maximum Gasteiger partial charge on any atom is 0.408 e. The highest BCUT2D eigenvalue weighted by Crippen LogP contribution is 2.30. The molecule has 0 unspecified atom stereocenters. The molecule has 1 aromatic carbocycles. The smallest absolute Gasteiger partial charge is 0.408 e. The first kappa shape index (κ1) is 22.2. The van der Waals surface area contributed by atoms with E-state index >= 15 is 0 Å². The molecule has 2 fully saturated rings. The highest BCUT2D eigenvalue weighted by Gasteiger charge is 2.49. The minimum Gasteiger partial charge on any atom is -0.467 e. The van der Waals surface area contributed by atoms with Crippen LogP contribution >= 0.6 is 0 Å². The number of fused-ring (bicyclic) bond motifs is 1. The summed E-state index contributed by atoms with van der Waals surface area (Å²) in [6.45, 7) is 4.72. The summed E-state index contributed by atoms with van der Waals surface area (Å²) in [5.41, 5.74) is 0.833. The van der Waals surface area contributed by atoms with Crippen LogP contribution in [0.5, 0.6) is 0 Å². The minimum absolute atomic E-state index is 0.0849. The van der Waals surface area contributed by atoms with Gasteiger partial charge in [0.2, 0.25) is 0 Å². The average molecular weight is 421 g/mol. The Kier molecular flexibility index (Phi) is 8.21. The highest BCUT2D eigenvalue weighted by atomic mass is 16.6. The fraction of sp³-hybridized carbons (Fsp3) is 0.524. The number of carbonyl (C=O) groups is 2. The Hall–Kier alpha value is -2.46. The maximum atomic E-state index is 12.1. The largest absolute Gasteiger partial charge is 0.467 e. The van der Waals surface area contributed by atoms with Crippen molar-refractivity contribution in [3.63, 3.8) is 0 Å². The van der Waals surface area contributed by atoms with Crippen LogP contribution in [0.2, 0.25) is 0 Å². The SMILES string of the molecule is C=CCO[C@@H]1CO[C@H]2[C@@H]1OC[C@@H]2OC[C@H](NC(=O)OCc1ccccc1)C(=O)OC. The third-order valence-corrected chi connectivity index (χ3v) is 4.86. The number of hydrogen-bond donors (Lipinski definition) is 1. The molecule has 9 nitrogen and oxygen atoms in total. The van der Waals surface area contributed by atoms with Crippen LogP contribution in [0.3, 0.4) is 0 Å². The molecule has 3 rings (SSSR count). The number of alkyl carbamates (subject to hydrolysis) is 1. The quantitative estimate of drug-likeness (QED) is 0.444. The summed E-state index contributed by atoms with van der Waals surface area (Å²) in [5.74, 6) is -0.637. The molecule has 0 aromatic heterocycles. The monoisotopic (exact) mass is 421 g/mol. The number of amides is 1. The van der Waals surface area contributed by atoms with Gasteiger partial charge in [-0.2, -0.15) is 0 Å². The number of methoxy groups -OCH3 is 1. The summed E-state index contributed by atoms with van der Waals surface area (Å²) < 4.78 is 32.9. The van der Waals surface area contributed by atoms with Crippen molar-refractivity contribution < 1.29 is 38.0 Å². The van der Waals surface area contributed by atoms with Crippen LogP contribution in [0.15, 0.2) is 43.0 Å². The lowest BCUT2D eigenvalue weighted by Crippen LogP contribution is -2.46.